The van der Waals surface area contributed by atoms with Gasteiger partial charge in [0.2, 0.25) is 0 Å². The van der Waals surface area contributed by atoms with Gasteiger partial charge < -0.3 is 14.7 Å². The van der Waals surface area contributed by atoms with Gasteiger partial charge in [0.05, 0.1) is 29.3 Å². The molecule has 0 bridgehead atoms. The Morgan fingerprint density at radius 3 is 2.73 bits per heavy atom. The molecule has 7 heteroatoms. The van der Waals surface area contributed by atoms with E-state index in [1.807, 2.05) is 0 Å². The molecule has 0 unspecified atom stereocenters. The lowest BCUT2D eigenvalue weighted by atomic mass is 9.96. The lowest BCUT2D eigenvalue weighted by Gasteiger charge is -2.33. The Hall–Kier alpha value is -3.92. The maximum Gasteiger partial charge on any atom is 0.316 e. The van der Waals surface area contributed by atoms with Crippen LogP contribution in [0.3, 0.4) is 0 Å². The van der Waals surface area contributed by atoms with Crippen molar-refractivity contribution in [1.82, 2.24) is 15.0 Å². The molecule has 1 aliphatic rings. The van der Waals surface area contributed by atoms with E-state index >= 15 is 0 Å². The number of nitrogens with zero attached hydrogens (tertiary/aromatic N) is 4. The van der Waals surface area contributed by atoms with Crippen LogP contribution in [0.2, 0.25) is 0 Å². The number of pyridine rings is 1. The van der Waals surface area contributed by atoms with Crippen LogP contribution in [-0.4, -0.2) is 40.3 Å². The number of rotatable bonds is 3. The van der Waals surface area contributed by atoms with Crippen molar-refractivity contribution >= 4 is 27.5 Å². The number of hydrogen-bond donors (Lipinski definition) is 1. The topological polar surface area (TPSA) is 71.4 Å². The van der Waals surface area contributed by atoms with Crippen LogP contribution in [0.25, 0.3) is 32.9 Å². The van der Waals surface area contributed by atoms with Gasteiger partial charge in [-0.25, -0.2) is 14.4 Å². The molecule has 2 aromatic carbocycles. The van der Waals surface area contributed by atoms with Crippen LogP contribution in [0, 0.1) is 18.2 Å². The normalized spacial score (nSPS) is 13.3. The molecular formula is C23H17FN4O2. The maximum atomic E-state index is 14.5. The molecule has 4 aromatic rings. The van der Waals surface area contributed by atoms with Crippen molar-refractivity contribution in [2.75, 3.05) is 25.1 Å². The zero-order valence-corrected chi connectivity index (χ0v) is 16.2. The van der Waals surface area contributed by atoms with Gasteiger partial charge in [-0.3, -0.25) is 0 Å². The van der Waals surface area contributed by atoms with E-state index in [1.54, 1.807) is 30.5 Å². The predicted molar refractivity (Wildman–Crippen MR) is 113 cm³/mol. The highest BCUT2D eigenvalue weighted by atomic mass is 19.1. The Morgan fingerprint density at radius 1 is 1.20 bits per heavy atom. The summed E-state index contributed by atoms with van der Waals surface area (Å²) in [5, 5.41) is 12.3. The molecule has 30 heavy (non-hydrogen) atoms. The van der Waals surface area contributed by atoms with Gasteiger partial charge >= 0.3 is 6.01 Å². The minimum Gasteiger partial charge on any atom is -0.508 e. The summed E-state index contributed by atoms with van der Waals surface area (Å²) in [6.45, 7) is 1.76. The van der Waals surface area contributed by atoms with E-state index in [0.717, 1.165) is 30.7 Å². The molecule has 5 rings (SSSR count). The Bertz CT molecular complexity index is 1360. The molecule has 148 valence electrons. The first-order valence-corrected chi connectivity index (χ1v) is 9.48. The van der Waals surface area contributed by atoms with E-state index in [4.69, 9.17) is 16.1 Å². The number of terminal acetylenes is 1. The van der Waals surface area contributed by atoms with Crippen LogP contribution in [-0.2, 0) is 0 Å². The number of benzene rings is 2. The second-order valence-electron chi connectivity index (χ2n) is 7.12. The predicted octanol–water partition coefficient (Wildman–Crippen LogP) is 3.89. The van der Waals surface area contributed by atoms with Crippen LogP contribution >= 0.6 is 0 Å². The molecule has 0 radical (unpaired) electrons. The summed E-state index contributed by atoms with van der Waals surface area (Å²) in [6, 6.07) is 8.03. The summed E-state index contributed by atoms with van der Waals surface area (Å²) in [5.74, 6) is 2.73. The van der Waals surface area contributed by atoms with Crippen molar-refractivity contribution in [2.24, 2.45) is 0 Å². The zero-order chi connectivity index (χ0) is 20.8. The second-order valence-corrected chi connectivity index (χ2v) is 7.12. The molecule has 0 saturated carbocycles. The minimum atomic E-state index is -0.496. The van der Waals surface area contributed by atoms with Crippen LogP contribution in [0.5, 0.6) is 11.8 Å². The third kappa shape index (κ3) is 2.77. The van der Waals surface area contributed by atoms with E-state index in [-0.39, 0.29) is 17.3 Å². The fraction of sp³-hybridized carbons (Fsp3) is 0.174. The summed E-state index contributed by atoms with van der Waals surface area (Å²) in [7, 11) is 1.50. The van der Waals surface area contributed by atoms with Crippen molar-refractivity contribution in [2.45, 2.75) is 6.42 Å². The van der Waals surface area contributed by atoms with Crippen LogP contribution < -0.4 is 9.64 Å². The SMILES string of the molecule is C#Cc1c(F)ccc2cc(O)cc(-c3cc4nc(OC)ncc4c(N4CCC4)n3)c12. The number of aromatic nitrogens is 3. The van der Waals surface area contributed by atoms with Crippen molar-refractivity contribution in [1.29, 1.82) is 0 Å². The number of phenols is 1. The number of aromatic hydroxyl groups is 1. The molecule has 0 spiro atoms. The molecule has 0 amide bonds. The van der Waals surface area contributed by atoms with E-state index in [0.29, 0.717) is 27.5 Å². The highest BCUT2D eigenvalue weighted by Crippen LogP contribution is 2.38. The number of ether oxygens (including phenoxy) is 1. The van der Waals surface area contributed by atoms with Crippen LogP contribution in [0.1, 0.15) is 12.0 Å². The lowest BCUT2D eigenvalue weighted by molar-refractivity contribution is 0.382. The van der Waals surface area contributed by atoms with Crippen LogP contribution in [0.15, 0.2) is 36.5 Å². The van der Waals surface area contributed by atoms with Gasteiger partial charge in [-0.2, -0.15) is 4.98 Å². The van der Waals surface area contributed by atoms with Gasteiger partial charge in [-0.15, -0.1) is 6.42 Å². The summed E-state index contributed by atoms with van der Waals surface area (Å²) >= 11 is 0. The summed E-state index contributed by atoms with van der Waals surface area (Å²) in [6.07, 6.45) is 8.39. The van der Waals surface area contributed by atoms with Crippen molar-refractivity contribution < 1.29 is 14.2 Å². The lowest BCUT2D eigenvalue weighted by Crippen LogP contribution is -2.37. The van der Waals surface area contributed by atoms with E-state index in [2.05, 4.69) is 20.8 Å². The molecule has 6 nitrogen and oxygen atoms in total. The molecule has 2 aromatic heterocycles. The van der Waals surface area contributed by atoms with Crippen molar-refractivity contribution in [3.63, 3.8) is 0 Å². The van der Waals surface area contributed by atoms with Gasteiger partial charge in [0, 0.05) is 30.2 Å². The fourth-order valence-corrected chi connectivity index (χ4v) is 3.77. The molecular weight excluding hydrogens is 383 g/mol. The molecule has 1 N–H and O–H groups in total. The molecule has 1 fully saturated rings. The summed E-state index contributed by atoms with van der Waals surface area (Å²) in [4.78, 5) is 15.7. The first-order valence-electron chi connectivity index (χ1n) is 9.48. The number of anilines is 1. The number of halogens is 1. The zero-order valence-electron chi connectivity index (χ0n) is 16.2. The Morgan fingerprint density at radius 2 is 2.03 bits per heavy atom. The van der Waals surface area contributed by atoms with E-state index in [9.17, 15) is 9.50 Å². The van der Waals surface area contributed by atoms with E-state index in [1.165, 1.54) is 13.2 Å². The van der Waals surface area contributed by atoms with E-state index < -0.39 is 5.82 Å². The average molecular weight is 400 g/mol. The Balaban J connectivity index is 1.86. The maximum absolute atomic E-state index is 14.5. The largest absolute Gasteiger partial charge is 0.508 e. The molecule has 0 atom stereocenters. The van der Waals surface area contributed by atoms with Gasteiger partial charge in [0.25, 0.3) is 0 Å². The minimum absolute atomic E-state index is 0.0414. The number of hydrogen-bond acceptors (Lipinski definition) is 6. The van der Waals surface area contributed by atoms with Crippen LogP contribution in [0.4, 0.5) is 10.2 Å². The summed E-state index contributed by atoms with van der Waals surface area (Å²) in [5.41, 5.74) is 1.85. The third-order valence-electron chi connectivity index (χ3n) is 5.35. The van der Waals surface area contributed by atoms with Gasteiger partial charge in [-0.1, -0.05) is 12.0 Å². The van der Waals surface area contributed by atoms with Crippen molar-refractivity contribution in [3.05, 3.63) is 47.9 Å². The number of methoxy groups -OCH3 is 1. The molecule has 3 heterocycles. The second kappa shape index (κ2) is 6.85. The third-order valence-corrected chi connectivity index (χ3v) is 5.35. The highest BCUT2D eigenvalue weighted by Gasteiger charge is 2.22. The number of phenolic OH excluding ortho intramolecular Hbond substituents is 1. The first-order chi connectivity index (χ1) is 14.6. The molecule has 1 aliphatic heterocycles. The van der Waals surface area contributed by atoms with Gasteiger partial charge in [0.15, 0.2) is 0 Å². The standard InChI is InChI=1S/C23H17FN4O2/c1-3-15-18(24)6-5-13-9-14(29)10-16(21(13)15)19-11-20-17(12-25-23(27-20)30-2)22(26-19)28-7-4-8-28/h1,5-6,9-12,29H,4,7-8H2,2H3. The van der Waals surface area contributed by atoms with Gasteiger partial charge in [-0.05, 0) is 36.1 Å². The fourth-order valence-electron chi connectivity index (χ4n) is 3.77. The van der Waals surface area contributed by atoms with Gasteiger partial charge in [0.1, 0.15) is 17.4 Å². The summed E-state index contributed by atoms with van der Waals surface area (Å²) < 4.78 is 19.6. The monoisotopic (exact) mass is 400 g/mol. The Labute approximate surface area is 172 Å². The number of fused-ring (bicyclic) bond motifs is 2. The first kappa shape index (κ1) is 18.1. The molecule has 0 aliphatic carbocycles. The smallest absolute Gasteiger partial charge is 0.316 e. The average Bonchev–Trinajstić information content (AvgIpc) is 2.71. The molecule has 1 saturated heterocycles. The Kier molecular flexibility index (Phi) is 4.14. The van der Waals surface area contributed by atoms with Crippen molar-refractivity contribution in [3.8, 4) is 35.4 Å². The quantitative estimate of drug-likeness (QED) is 0.526. The highest BCUT2D eigenvalue weighted by molar-refractivity contribution is 6.03.